The number of aromatic nitrogens is 2. The number of hydrogen-bond acceptors (Lipinski definition) is 7. The summed E-state index contributed by atoms with van der Waals surface area (Å²) in [7, 11) is 2.60. The van der Waals surface area contributed by atoms with Gasteiger partial charge < -0.3 is 20.1 Å². The van der Waals surface area contributed by atoms with E-state index in [4.69, 9.17) is 4.74 Å². The van der Waals surface area contributed by atoms with E-state index in [1.54, 1.807) is 20.8 Å². The molecule has 2 rings (SSSR count). The molecule has 2 N–H and O–H groups in total. The van der Waals surface area contributed by atoms with Gasteiger partial charge in [-0.3, -0.25) is 0 Å². The first-order valence-electron chi connectivity index (χ1n) is 8.21. The number of anilines is 3. The summed E-state index contributed by atoms with van der Waals surface area (Å²) in [6.45, 7) is 5.33. The number of carbonyl (C=O) groups excluding carboxylic acids is 1. The molecule has 2 aromatic rings. The molecule has 0 aliphatic heterocycles. The quantitative estimate of drug-likeness (QED) is 0.729. The number of carbonyl (C=O) groups is 1. The molecule has 0 saturated carbocycles. The van der Waals surface area contributed by atoms with Crippen LogP contribution >= 0.6 is 0 Å². The molecule has 0 radical (unpaired) electrons. The number of ether oxygens (including phenoxy) is 2. The largest absolute Gasteiger partial charge is 0.496 e. The van der Waals surface area contributed by atoms with Crippen molar-refractivity contribution in [2.45, 2.75) is 32.5 Å². The summed E-state index contributed by atoms with van der Waals surface area (Å²) >= 11 is 0. The highest BCUT2D eigenvalue weighted by Crippen LogP contribution is 2.32. The summed E-state index contributed by atoms with van der Waals surface area (Å²) in [6, 6.07) is 5.20. The molecular weight excluding hydrogens is 377 g/mol. The summed E-state index contributed by atoms with van der Waals surface area (Å²) in [5, 5.41) is 5.60. The minimum atomic E-state index is -4.64. The molecule has 1 heterocycles. The van der Waals surface area contributed by atoms with E-state index < -0.39 is 23.4 Å². The van der Waals surface area contributed by atoms with Gasteiger partial charge in [-0.2, -0.15) is 18.2 Å². The van der Waals surface area contributed by atoms with Crippen LogP contribution in [-0.4, -0.2) is 35.7 Å². The van der Waals surface area contributed by atoms with Gasteiger partial charge in [-0.1, -0.05) is 0 Å². The topological polar surface area (TPSA) is 85.4 Å². The molecule has 0 saturated heterocycles. The van der Waals surface area contributed by atoms with Crippen molar-refractivity contribution in [2.24, 2.45) is 0 Å². The zero-order valence-corrected chi connectivity index (χ0v) is 16.1. The van der Waals surface area contributed by atoms with Crippen molar-refractivity contribution in [1.82, 2.24) is 9.97 Å². The minimum Gasteiger partial charge on any atom is -0.496 e. The molecule has 7 nitrogen and oxygen atoms in total. The predicted molar refractivity (Wildman–Crippen MR) is 98.0 cm³/mol. The number of halogens is 3. The van der Waals surface area contributed by atoms with E-state index in [0.717, 1.165) is 6.07 Å². The molecule has 0 atom stereocenters. The Hall–Kier alpha value is -3.04. The van der Waals surface area contributed by atoms with E-state index >= 15 is 0 Å². The van der Waals surface area contributed by atoms with E-state index in [0.29, 0.717) is 5.69 Å². The number of nitrogens with zero attached hydrogens (tertiary/aromatic N) is 2. The second-order valence-corrected chi connectivity index (χ2v) is 6.87. The maximum absolute atomic E-state index is 13.2. The average Bonchev–Trinajstić information content (AvgIpc) is 2.58. The summed E-state index contributed by atoms with van der Waals surface area (Å²) in [4.78, 5) is 19.4. The van der Waals surface area contributed by atoms with Crippen LogP contribution in [0.15, 0.2) is 24.3 Å². The molecule has 0 spiro atoms. The van der Waals surface area contributed by atoms with Gasteiger partial charge in [0.1, 0.15) is 17.1 Å². The SMILES string of the molecule is COC(=O)c1ccc(Nc2cc(C(F)(F)F)nc(NC(C)(C)C)n2)cc1OC. The van der Waals surface area contributed by atoms with E-state index in [-0.39, 0.29) is 23.1 Å². The molecule has 0 aliphatic carbocycles. The average molecular weight is 398 g/mol. The maximum atomic E-state index is 13.2. The molecule has 0 bridgehead atoms. The Morgan fingerprint density at radius 2 is 1.75 bits per heavy atom. The van der Waals surface area contributed by atoms with Crippen LogP contribution in [0.1, 0.15) is 36.8 Å². The molecule has 0 amide bonds. The molecule has 0 aliphatic rings. The molecule has 152 valence electrons. The lowest BCUT2D eigenvalue weighted by Crippen LogP contribution is -2.28. The number of alkyl halides is 3. The van der Waals surface area contributed by atoms with Crippen LogP contribution in [0.4, 0.5) is 30.6 Å². The number of hydrogen-bond donors (Lipinski definition) is 2. The van der Waals surface area contributed by atoms with Crippen LogP contribution in [0.3, 0.4) is 0 Å². The fraction of sp³-hybridized carbons (Fsp3) is 0.389. The zero-order chi connectivity index (χ0) is 21.1. The van der Waals surface area contributed by atoms with Crippen molar-refractivity contribution < 1.29 is 27.4 Å². The van der Waals surface area contributed by atoms with Gasteiger partial charge >= 0.3 is 12.1 Å². The van der Waals surface area contributed by atoms with Crippen LogP contribution in [0.2, 0.25) is 0 Å². The smallest absolute Gasteiger partial charge is 0.433 e. The highest BCUT2D eigenvalue weighted by Gasteiger charge is 2.34. The fourth-order valence-corrected chi connectivity index (χ4v) is 2.24. The Morgan fingerprint density at radius 3 is 2.29 bits per heavy atom. The number of nitrogens with one attached hydrogen (secondary N) is 2. The zero-order valence-electron chi connectivity index (χ0n) is 16.1. The van der Waals surface area contributed by atoms with E-state index in [2.05, 4.69) is 25.3 Å². The molecule has 28 heavy (non-hydrogen) atoms. The van der Waals surface area contributed by atoms with E-state index in [1.807, 2.05) is 0 Å². The van der Waals surface area contributed by atoms with Gasteiger partial charge in [0.25, 0.3) is 0 Å². The molecular formula is C18H21F3N4O3. The van der Waals surface area contributed by atoms with Gasteiger partial charge in [-0.15, -0.1) is 0 Å². The highest BCUT2D eigenvalue weighted by atomic mass is 19.4. The van der Waals surface area contributed by atoms with Crippen LogP contribution in [0, 0.1) is 0 Å². The van der Waals surface area contributed by atoms with Crippen LogP contribution < -0.4 is 15.4 Å². The normalized spacial score (nSPS) is 11.7. The number of esters is 1. The number of benzene rings is 1. The first-order valence-corrected chi connectivity index (χ1v) is 8.21. The van der Waals surface area contributed by atoms with Crippen molar-refractivity contribution in [2.75, 3.05) is 24.9 Å². The van der Waals surface area contributed by atoms with Crippen LogP contribution in [0.25, 0.3) is 0 Å². The fourth-order valence-electron chi connectivity index (χ4n) is 2.24. The molecule has 0 fully saturated rings. The van der Waals surface area contributed by atoms with Crippen LogP contribution in [0.5, 0.6) is 5.75 Å². The summed E-state index contributed by atoms with van der Waals surface area (Å²) in [5.74, 6) is -0.624. The Labute approximate surface area is 160 Å². The first-order chi connectivity index (χ1) is 12.9. The van der Waals surface area contributed by atoms with Gasteiger partial charge in [-0.05, 0) is 32.9 Å². The Morgan fingerprint density at radius 1 is 1.07 bits per heavy atom. The molecule has 10 heteroatoms. The van der Waals surface area contributed by atoms with Gasteiger partial charge in [0, 0.05) is 23.4 Å². The first kappa shape index (κ1) is 21.3. The van der Waals surface area contributed by atoms with Crippen molar-refractivity contribution >= 4 is 23.4 Å². The van der Waals surface area contributed by atoms with Crippen molar-refractivity contribution in [1.29, 1.82) is 0 Å². The second-order valence-electron chi connectivity index (χ2n) is 6.87. The van der Waals surface area contributed by atoms with Crippen molar-refractivity contribution in [3.8, 4) is 5.75 Å². The van der Waals surface area contributed by atoms with Gasteiger partial charge in [0.2, 0.25) is 5.95 Å². The summed E-state index contributed by atoms with van der Waals surface area (Å²) in [6.07, 6.45) is -4.64. The number of methoxy groups -OCH3 is 2. The van der Waals surface area contributed by atoms with Gasteiger partial charge in [0.15, 0.2) is 5.69 Å². The monoisotopic (exact) mass is 398 g/mol. The van der Waals surface area contributed by atoms with Crippen molar-refractivity contribution in [3.05, 3.63) is 35.5 Å². The Bertz CT molecular complexity index is 864. The lowest BCUT2D eigenvalue weighted by molar-refractivity contribution is -0.141. The maximum Gasteiger partial charge on any atom is 0.433 e. The minimum absolute atomic E-state index is 0.0676. The third-order valence-electron chi connectivity index (χ3n) is 3.38. The lowest BCUT2D eigenvalue weighted by Gasteiger charge is -2.21. The molecule has 1 aromatic carbocycles. The van der Waals surface area contributed by atoms with E-state index in [9.17, 15) is 18.0 Å². The highest BCUT2D eigenvalue weighted by molar-refractivity contribution is 5.93. The third kappa shape index (κ3) is 5.48. The summed E-state index contributed by atoms with van der Waals surface area (Å²) < 4.78 is 49.4. The second kappa shape index (κ2) is 7.91. The Kier molecular flexibility index (Phi) is 6.01. The summed E-state index contributed by atoms with van der Waals surface area (Å²) in [5.41, 5.74) is -1.07. The van der Waals surface area contributed by atoms with Crippen LogP contribution in [-0.2, 0) is 10.9 Å². The van der Waals surface area contributed by atoms with Gasteiger partial charge in [-0.25, -0.2) is 9.78 Å². The van der Waals surface area contributed by atoms with Crippen molar-refractivity contribution in [3.63, 3.8) is 0 Å². The number of rotatable bonds is 5. The Balaban J connectivity index is 2.42. The van der Waals surface area contributed by atoms with E-state index in [1.165, 1.54) is 32.4 Å². The molecule has 1 aromatic heterocycles. The standard InChI is InChI=1S/C18H21F3N4O3/c1-17(2,3)25-16-23-13(18(19,20)21)9-14(24-16)22-10-6-7-11(15(26)28-5)12(8-10)27-4/h6-9H,1-5H3,(H2,22,23,24,25). The lowest BCUT2D eigenvalue weighted by atomic mass is 10.1. The third-order valence-corrected chi connectivity index (χ3v) is 3.38. The molecule has 0 unspecified atom stereocenters. The predicted octanol–water partition coefficient (Wildman–Crippen LogP) is 4.24. The van der Waals surface area contributed by atoms with Gasteiger partial charge in [0.05, 0.1) is 14.2 Å².